The summed E-state index contributed by atoms with van der Waals surface area (Å²) in [5.74, 6) is 0.996. The molecule has 0 atom stereocenters. The zero-order valence-electron chi connectivity index (χ0n) is 16.0. The topological polar surface area (TPSA) is 87.5 Å². The number of rotatable bonds is 8. The first-order valence-electron chi connectivity index (χ1n) is 8.72. The molecule has 1 amide bonds. The van der Waals surface area contributed by atoms with E-state index in [1.807, 2.05) is 30.3 Å². The van der Waals surface area contributed by atoms with Crippen LogP contribution >= 0.6 is 0 Å². The third kappa shape index (κ3) is 4.47. The van der Waals surface area contributed by atoms with E-state index in [0.717, 1.165) is 5.69 Å². The minimum absolute atomic E-state index is 0.244. The van der Waals surface area contributed by atoms with E-state index in [4.69, 9.17) is 14.2 Å². The number of carbonyl (C=O) groups excluding carboxylic acids is 1. The number of ether oxygens (including phenoxy) is 3. The molecule has 0 aliphatic carbocycles. The number of benzene rings is 2. The van der Waals surface area contributed by atoms with E-state index in [9.17, 15) is 4.79 Å². The van der Waals surface area contributed by atoms with Crippen LogP contribution in [0.4, 0.5) is 5.69 Å². The molecule has 2 aromatic carbocycles. The van der Waals surface area contributed by atoms with Crippen LogP contribution in [0, 0.1) is 6.92 Å². The quantitative estimate of drug-likeness (QED) is 0.603. The average Bonchev–Trinajstić information content (AvgIpc) is 3.10. The molecule has 1 N–H and O–H groups in total. The van der Waals surface area contributed by atoms with Crippen LogP contribution in [0.1, 0.15) is 16.2 Å². The van der Waals surface area contributed by atoms with Crippen LogP contribution in [-0.4, -0.2) is 48.3 Å². The summed E-state index contributed by atoms with van der Waals surface area (Å²) in [4.78, 5) is 12.7. The SMILES string of the molecule is COCCOc1cccc(NC(=O)c2nnn(-c3cccc(OC)c3)c2C)c1. The molecule has 3 aromatic rings. The Bertz CT molecular complexity index is 955. The van der Waals surface area contributed by atoms with E-state index < -0.39 is 0 Å². The summed E-state index contributed by atoms with van der Waals surface area (Å²) in [7, 11) is 3.21. The summed E-state index contributed by atoms with van der Waals surface area (Å²) < 4.78 is 17.4. The number of hydrogen-bond donors (Lipinski definition) is 1. The van der Waals surface area contributed by atoms with Crippen LogP contribution in [0.3, 0.4) is 0 Å². The Morgan fingerprint density at radius 3 is 2.64 bits per heavy atom. The first kappa shape index (κ1) is 19.4. The Morgan fingerprint density at radius 1 is 1.07 bits per heavy atom. The second-order valence-corrected chi connectivity index (χ2v) is 5.96. The number of aromatic nitrogens is 3. The molecule has 0 spiro atoms. The van der Waals surface area contributed by atoms with Gasteiger partial charge in [-0.1, -0.05) is 17.3 Å². The number of methoxy groups -OCH3 is 2. The number of carbonyl (C=O) groups is 1. The minimum atomic E-state index is -0.347. The zero-order valence-corrected chi connectivity index (χ0v) is 16.0. The second-order valence-electron chi connectivity index (χ2n) is 5.96. The van der Waals surface area contributed by atoms with Gasteiger partial charge in [0.15, 0.2) is 5.69 Å². The highest BCUT2D eigenvalue weighted by Crippen LogP contribution is 2.20. The van der Waals surface area contributed by atoms with E-state index in [1.165, 1.54) is 0 Å². The van der Waals surface area contributed by atoms with Crippen LogP contribution in [0.5, 0.6) is 11.5 Å². The molecular formula is C20H22N4O4. The molecular weight excluding hydrogens is 360 g/mol. The van der Waals surface area contributed by atoms with Crippen molar-refractivity contribution in [2.45, 2.75) is 6.92 Å². The monoisotopic (exact) mass is 382 g/mol. The summed E-state index contributed by atoms with van der Waals surface area (Å²) in [5.41, 5.74) is 2.24. The molecule has 28 heavy (non-hydrogen) atoms. The Balaban J connectivity index is 1.75. The third-order valence-corrected chi connectivity index (χ3v) is 4.06. The first-order valence-corrected chi connectivity index (χ1v) is 8.72. The maximum absolute atomic E-state index is 12.7. The van der Waals surface area contributed by atoms with E-state index in [0.29, 0.717) is 36.1 Å². The van der Waals surface area contributed by atoms with Crippen molar-refractivity contribution in [1.82, 2.24) is 15.0 Å². The van der Waals surface area contributed by atoms with Gasteiger partial charge in [0.1, 0.15) is 18.1 Å². The lowest BCUT2D eigenvalue weighted by Crippen LogP contribution is -2.14. The van der Waals surface area contributed by atoms with Gasteiger partial charge in [0.25, 0.3) is 5.91 Å². The van der Waals surface area contributed by atoms with Crippen molar-refractivity contribution in [2.24, 2.45) is 0 Å². The fraction of sp³-hybridized carbons (Fsp3) is 0.250. The van der Waals surface area contributed by atoms with Gasteiger partial charge < -0.3 is 19.5 Å². The molecule has 0 aliphatic rings. The Morgan fingerprint density at radius 2 is 1.86 bits per heavy atom. The summed E-state index contributed by atoms with van der Waals surface area (Å²) in [5, 5.41) is 11.0. The van der Waals surface area contributed by atoms with E-state index >= 15 is 0 Å². The van der Waals surface area contributed by atoms with Crippen LogP contribution in [0.2, 0.25) is 0 Å². The number of hydrogen-bond acceptors (Lipinski definition) is 6. The summed E-state index contributed by atoms with van der Waals surface area (Å²) in [6.07, 6.45) is 0. The van der Waals surface area contributed by atoms with Crippen molar-refractivity contribution in [3.63, 3.8) is 0 Å². The van der Waals surface area contributed by atoms with Gasteiger partial charge in [0.05, 0.1) is 25.1 Å². The predicted molar refractivity (Wildman–Crippen MR) is 104 cm³/mol. The third-order valence-electron chi connectivity index (χ3n) is 4.06. The van der Waals surface area contributed by atoms with Gasteiger partial charge >= 0.3 is 0 Å². The van der Waals surface area contributed by atoms with Gasteiger partial charge in [-0.05, 0) is 31.2 Å². The first-order chi connectivity index (χ1) is 13.6. The van der Waals surface area contributed by atoms with Crippen molar-refractivity contribution in [3.05, 3.63) is 59.9 Å². The van der Waals surface area contributed by atoms with Crippen molar-refractivity contribution < 1.29 is 19.0 Å². The smallest absolute Gasteiger partial charge is 0.278 e. The highest BCUT2D eigenvalue weighted by Gasteiger charge is 2.18. The van der Waals surface area contributed by atoms with Crippen LogP contribution in [0.15, 0.2) is 48.5 Å². The molecule has 1 heterocycles. The molecule has 0 saturated heterocycles. The van der Waals surface area contributed by atoms with E-state index in [2.05, 4.69) is 15.6 Å². The second kappa shape index (κ2) is 9.01. The van der Waals surface area contributed by atoms with Gasteiger partial charge in [-0.2, -0.15) is 0 Å². The Hall–Kier alpha value is -3.39. The molecule has 8 nitrogen and oxygen atoms in total. The number of anilines is 1. The molecule has 1 aromatic heterocycles. The van der Waals surface area contributed by atoms with E-state index in [1.54, 1.807) is 44.0 Å². The van der Waals surface area contributed by atoms with Gasteiger partial charge in [-0.25, -0.2) is 4.68 Å². The lowest BCUT2D eigenvalue weighted by atomic mass is 10.2. The summed E-state index contributed by atoms with van der Waals surface area (Å²) in [6, 6.07) is 14.5. The molecule has 3 rings (SSSR count). The van der Waals surface area contributed by atoms with Gasteiger partial charge in [0, 0.05) is 24.9 Å². The van der Waals surface area contributed by atoms with Crippen LogP contribution < -0.4 is 14.8 Å². The molecule has 0 bridgehead atoms. The zero-order chi connectivity index (χ0) is 19.9. The molecule has 146 valence electrons. The number of nitrogens with one attached hydrogen (secondary N) is 1. The molecule has 8 heteroatoms. The summed E-state index contributed by atoms with van der Waals surface area (Å²) in [6.45, 7) is 2.71. The normalized spacial score (nSPS) is 10.5. The van der Waals surface area contributed by atoms with Gasteiger partial charge in [0.2, 0.25) is 0 Å². The molecule has 0 unspecified atom stereocenters. The van der Waals surface area contributed by atoms with Crippen molar-refractivity contribution >= 4 is 11.6 Å². The van der Waals surface area contributed by atoms with Crippen LogP contribution in [0.25, 0.3) is 5.69 Å². The lowest BCUT2D eigenvalue weighted by molar-refractivity contribution is 0.102. The highest BCUT2D eigenvalue weighted by molar-refractivity contribution is 6.03. The maximum Gasteiger partial charge on any atom is 0.278 e. The molecule has 0 aliphatic heterocycles. The largest absolute Gasteiger partial charge is 0.497 e. The fourth-order valence-electron chi connectivity index (χ4n) is 2.62. The standard InChI is InChI=1S/C20H22N4O4/c1-14-19(22-23-24(14)16-7-5-8-17(13-16)27-3)20(25)21-15-6-4-9-18(12-15)28-11-10-26-2/h4-9,12-13H,10-11H2,1-3H3,(H,21,25). The number of amides is 1. The highest BCUT2D eigenvalue weighted by atomic mass is 16.5. The lowest BCUT2D eigenvalue weighted by Gasteiger charge is -2.09. The predicted octanol–water partition coefficient (Wildman–Crippen LogP) is 2.86. The van der Waals surface area contributed by atoms with Crippen molar-refractivity contribution in [1.29, 1.82) is 0 Å². The van der Waals surface area contributed by atoms with Gasteiger partial charge in [-0.15, -0.1) is 5.10 Å². The molecule has 0 saturated carbocycles. The van der Waals surface area contributed by atoms with Crippen LogP contribution in [-0.2, 0) is 4.74 Å². The van der Waals surface area contributed by atoms with Crippen molar-refractivity contribution in [3.8, 4) is 17.2 Å². The fourth-order valence-corrected chi connectivity index (χ4v) is 2.62. The number of nitrogens with zero attached hydrogens (tertiary/aromatic N) is 3. The molecule has 0 radical (unpaired) electrons. The average molecular weight is 382 g/mol. The summed E-state index contributed by atoms with van der Waals surface area (Å²) >= 11 is 0. The Labute approximate surface area is 163 Å². The van der Waals surface area contributed by atoms with E-state index in [-0.39, 0.29) is 11.6 Å². The molecule has 0 fully saturated rings. The Kier molecular flexibility index (Phi) is 6.23. The maximum atomic E-state index is 12.7. The van der Waals surface area contributed by atoms with Crippen molar-refractivity contribution in [2.75, 3.05) is 32.8 Å². The van der Waals surface area contributed by atoms with Gasteiger partial charge in [-0.3, -0.25) is 4.79 Å². The minimum Gasteiger partial charge on any atom is -0.497 e.